The number of ether oxygens (including phenoxy) is 1. The first kappa shape index (κ1) is 19.5. The molecule has 1 fully saturated rings. The van der Waals surface area contributed by atoms with Crippen molar-refractivity contribution in [2.45, 2.75) is 45.1 Å². The minimum atomic E-state index is -0.471. The topological polar surface area (TPSA) is 86.3 Å². The van der Waals surface area contributed by atoms with Gasteiger partial charge in [0.1, 0.15) is 5.69 Å². The van der Waals surface area contributed by atoms with Crippen molar-refractivity contribution in [3.63, 3.8) is 0 Å². The number of carbonyl (C=O) groups excluding carboxylic acids is 2. The number of hydrogen-bond donors (Lipinski definition) is 2. The van der Waals surface area contributed by atoms with Crippen LogP contribution in [0.4, 0.5) is 5.69 Å². The number of carbonyl (C=O) groups is 2. The minimum absolute atomic E-state index is 0. The second-order valence-corrected chi connectivity index (χ2v) is 6.24. The number of nitrogens with one attached hydrogen (secondary N) is 1. The van der Waals surface area contributed by atoms with Gasteiger partial charge < -0.3 is 20.4 Å². The van der Waals surface area contributed by atoms with E-state index in [1.54, 1.807) is 30.8 Å². The zero-order valence-corrected chi connectivity index (χ0v) is 14.7. The quantitative estimate of drug-likeness (QED) is 0.822. The molecule has 0 spiro atoms. The Bertz CT molecular complexity index is 569. The molecule has 1 aromatic rings. The molecular weight excluding hydrogens is 318 g/mol. The smallest absolute Gasteiger partial charge is 0.355 e. The van der Waals surface area contributed by atoms with Crippen LogP contribution in [-0.4, -0.2) is 28.6 Å². The molecule has 2 rings (SSSR count). The molecule has 2 unspecified atom stereocenters. The van der Waals surface area contributed by atoms with Crippen LogP contribution in [0.3, 0.4) is 0 Å². The summed E-state index contributed by atoms with van der Waals surface area (Å²) in [5, 5.41) is 2.88. The van der Waals surface area contributed by atoms with Gasteiger partial charge in [-0.1, -0.05) is 12.8 Å². The summed E-state index contributed by atoms with van der Waals surface area (Å²) in [6.45, 7) is 4.01. The van der Waals surface area contributed by atoms with Gasteiger partial charge in [0.2, 0.25) is 5.91 Å². The molecular formula is C16H26ClN3O3. The average Bonchev–Trinajstić information content (AvgIpc) is 2.79. The van der Waals surface area contributed by atoms with Gasteiger partial charge in [-0.2, -0.15) is 0 Å². The van der Waals surface area contributed by atoms with E-state index in [1.165, 1.54) is 0 Å². The third kappa shape index (κ3) is 4.48. The third-order valence-corrected chi connectivity index (χ3v) is 4.33. The van der Waals surface area contributed by atoms with Gasteiger partial charge in [-0.3, -0.25) is 4.79 Å². The van der Waals surface area contributed by atoms with Gasteiger partial charge in [-0.15, -0.1) is 12.4 Å². The molecule has 1 heterocycles. The maximum absolute atomic E-state index is 12.5. The Balaban J connectivity index is 0.00000264. The number of anilines is 1. The number of hydrogen-bond acceptors (Lipinski definition) is 4. The Morgan fingerprint density at radius 3 is 2.78 bits per heavy atom. The molecule has 2 atom stereocenters. The normalized spacial score (nSPS) is 23.7. The highest BCUT2D eigenvalue weighted by Crippen LogP contribution is 2.32. The largest absolute Gasteiger partial charge is 0.461 e. The number of aromatic nitrogens is 1. The lowest BCUT2D eigenvalue weighted by atomic mass is 9.74. The lowest BCUT2D eigenvalue weighted by molar-refractivity contribution is -0.122. The second kappa shape index (κ2) is 7.84. The van der Waals surface area contributed by atoms with E-state index in [-0.39, 0.29) is 24.2 Å². The van der Waals surface area contributed by atoms with Gasteiger partial charge in [0.05, 0.1) is 18.2 Å². The van der Waals surface area contributed by atoms with Gasteiger partial charge in [-0.05, 0) is 32.8 Å². The van der Waals surface area contributed by atoms with Gasteiger partial charge in [-0.25, -0.2) is 4.79 Å². The molecule has 3 N–H and O–H groups in total. The molecule has 1 saturated carbocycles. The SMILES string of the molecule is CCOC(=O)c1cc(NC(=O)C2CCCCC2(C)N)cn1C.Cl. The van der Waals surface area contributed by atoms with Crippen molar-refractivity contribution in [2.75, 3.05) is 11.9 Å². The number of nitrogens with two attached hydrogens (primary N) is 1. The lowest BCUT2D eigenvalue weighted by Gasteiger charge is -2.37. The Hall–Kier alpha value is -1.53. The van der Waals surface area contributed by atoms with Crippen molar-refractivity contribution in [1.29, 1.82) is 0 Å². The van der Waals surface area contributed by atoms with E-state index in [4.69, 9.17) is 10.5 Å². The summed E-state index contributed by atoms with van der Waals surface area (Å²) in [7, 11) is 1.75. The first-order chi connectivity index (χ1) is 10.3. The van der Waals surface area contributed by atoms with Crippen LogP contribution in [0.5, 0.6) is 0 Å². The predicted octanol–water partition coefficient (Wildman–Crippen LogP) is 2.47. The molecule has 130 valence electrons. The standard InChI is InChI=1S/C16H25N3O3.ClH/c1-4-22-15(21)13-9-11(10-19(13)3)18-14(20)12-7-5-6-8-16(12,2)17;/h9-10,12H,4-8,17H2,1-3H3,(H,18,20);1H. The minimum Gasteiger partial charge on any atom is -0.461 e. The fourth-order valence-corrected chi connectivity index (χ4v) is 3.06. The van der Waals surface area contributed by atoms with E-state index < -0.39 is 11.5 Å². The lowest BCUT2D eigenvalue weighted by Crippen LogP contribution is -2.51. The first-order valence-electron chi connectivity index (χ1n) is 7.78. The highest BCUT2D eigenvalue weighted by Gasteiger charge is 2.37. The Morgan fingerprint density at radius 2 is 2.17 bits per heavy atom. The van der Waals surface area contributed by atoms with Crippen molar-refractivity contribution in [2.24, 2.45) is 18.7 Å². The van der Waals surface area contributed by atoms with E-state index in [1.807, 2.05) is 6.92 Å². The summed E-state index contributed by atoms with van der Waals surface area (Å²) in [4.78, 5) is 24.3. The molecule has 0 saturated heterocycles. The van der Waals surface area contributed by atoms with E-state index in [9.17, 15) is 9.59 Å². The Kier molecular flexibility index (Phi) is 6.65. The van der Waals surface area contributed by atoms with E-state index in [0.717, 1.165) is 25.7 Å². The summed E-state index contributed by atoms with van der Waals surface area (Å²) in [6, 6.07) is 1.63. The van der Waals surface area contributed by atoms with Gasteiger partial charge >= 0.3 is 5.97 Å². The first-order valence-corrected chi connectivity index (χ1v) is 7.78. The van der Waals surface area contributed by atoms with E-state index >= 15 is 0 Å². The van der Waals surface area contributed by atoms with Gasteiger partial charge in [0, 0.05) is 18.8 Å². The summed E-state index contributed by atoms with van der Waals surface area (Å²) >= 11 is 0. The number of amides is 1. The number of halogens is 1. The summed E-state index contributed by atoms with van der Waals surface area (Å²) < 4.78 is 6.63. The zero-order chi connectivity index (χ0) is 16.3. The van der Waals surface area contributed by atoms with Crippen LogP contribution in [0.25, 0.3) is 0 Å². The van der Waals surface area contributed by atoms with Crippen molar-refractivity contribution >= 4 is 30.0 Å². The van der Waals surface area contributed by atoms with Crippen LogP contribution < -0.4 is 11.1 Å². The Labute approximate surface area is 143 Å². The molecule has 0 aromatic carbocycles. The van der Waals surface area contributed by atoms with Gasteiger partial charge in [0.15, 0.2) is 0 Å². The van der Waals surface area contributed by atoms with Crippen LogP contribution in [0.15, 0.2) is 12.3 Å². The van der Waals surface area contributed by atoms with Gasteiger partial charge in [0.25, 0.3) is 0 Å². The maximum Gasteiger partial charge on any atom is 0.355 e. The predicted molar refractivity (Wildman–Crippen MR) is 91.8 cm³/mol. The third-order valence-electron chi connectivity index (χ3n) is 4.33. The average molecular weight is 344 g/mol. The molecule has 6 nitrogen and oxygen atoms in total. The molecule has 0 aliphatic heterocycles. The molecule has 1 amide bonds. The Morgan fingerprint density at radius 1 is 1.48 bits per heavy atom. The van der Waals surface area contributed by atoms with Crippen LogP contribution in [0, 0.1) is 5.92 Å². The fourth-order valence-electron chi connectivity index (χ4n) is 3.06. The molecule has 0 radical (unpaired) electrons. The highest BCUT2D eigenvalue weighted by molar-refractivity contribution is 5.96. The number of rotatable bonds is 4. The highest BCUT2D eigenvalue weighted by atomic mass is 35.5. The maximum atomic E-state index is 12.5. The van der Waals surface area contributed by atoms with Crippen LogP contribution >= 0.6 is 12.4 Å². The summed E-state index contributed by atoms with van der Waals surface area (Å²) in [5.74, 6) is -0.676. The van der Waals surface area contributed by atoms with Crippen molar-refractivity contribution < 1.29 is 14.3 Å². The molecule has 7 heteroatoms. The van der Waals surface area contributed by atoms with Crippen LogP contribution in [-0.2, 0) is 16.6 Å². The molecule has 1 aromatic heterocycles. The van der Waals surface area contributed by atoms with E-state index in [2.05, 4.69) is 5.32 Å². The van der Waals surface area contributed by atoms with Crippen molar-refractivity contribution in [1.82, 2.24) is 4.57 Å². The van der Waals surface area contributed by atoms with E-state index in [0.29, 0.717) is 18.0 Å². The fraction of sp³-hybridized carbons (Fsp3) is 0.625. The zero-order valence-electron chi connectivity index (χ0n) is 13.9. The summed E-state index contributed by atoms with van der Waals surface area (Å²) in [5.41, 5.74) is 6.80. The molecule has 1 aliphatic rings. The monoisotopic (exact) mass is 343 g/mol. The van der Waals surface area contributed by atoms with Crippen molar-refractivity contribution in [3.8, 4) is 0 Å². The van der Waals surface area contributed by atoms with Crippen LogP contribution in [0.2, 0.25) is 0 Å². The number of aryl methyl sites for hydroxylation is 1. The molecule has 1 aliphatic carbocycles. The number of esters is 1. The molecule has 23 heavy (non-hydrogen) atoms. The van der Waals surface area contributed by atoms with Crippen LogP contribution in [0.1, 0.15) is 50.0 Å². The summed E-state index contributed by atoms with van der Waals surface area (Å²) in [6.07, 6.45) is 5.45. The number of nitrogens with zero attached hydrogens (tertiary/aromatic N) is 1. The molecule has 0 bridgehead atoms. The second-order valence-electron chi connectivity index (χ2n) is 6.24. The van der Waals surface area contributed by atoms with Crippen molar-refractivity contribution in [3.05, 3.63) is 18.0 Å².